The quantitative estimate of drug-likeness (QED) is 0.881. The zero-order chi connectivity index (χ0) is 16.2. The van der Waals surface area contributed by atoms with E-state index < -0.39 is 0 Å². The number of H-pyrrole nitrogens is 1. The summed E-state index contributed by atoms with van der Waals surface area (Å²) in [5.41, 5.74) is 3.21. The fraction of sp³-hybridized carbons (Fsp3) is 0.333. The number of benzene rings is 1. The molecular formula is C18H21N3OS. The molecule has 0 saturated carbocycles. The van der Waals surface area contributed by atoms with E-state index in [1.165, 1.54) is 11.1 Å². The molecule has 2 heterocycles. The fourth-order valence-corrected chi connectivity index (χ4v) is 3.16. The molecule has 1 N–H and O–H groups in total. The van der Waals surface area contributed by atoms with Gasteiger partial charge in [-0.25, -0.2) is 0 Å². The highest BCUT2D eigenvalue weighted by atomic mass is 32.1. The van der Waals surface area contributed by atoms with E-state index in [2.05, 4.69) is 41.1 Å². The minimum Gasteiger partial charge on any atom is -0.352 e. The molecule has 0 aliphatic carbocycles. The lowest BCUT2D eigenvalue weighted by Crippen LogP contribution is -2.48. The van der Waals surface area contributed by atoms with Crippen molar-refractivity contribution in [2.24, 2.45) is 0 Å². The number of hydrogen-bond acceptors (Lipinski definition) is 3. The van der Waals surface area contributed by atoms with Crippen LogP contribution in [0.15, 0.2) is 42.6 Å². The molecule has 23 heavy (non-hydrogen) atoms. The van der Waals surface area contributed by atoms with E-state index in [0.717, 1.165) is 32.7 Å². The molecule has 1 amide bonds. The smallest absolute Gasteiger partial charge is 0.256 e. The number of pyridine rings is 1. The van der Waals surface area contributed by atoms with Gasteiger partial charge in [0.1, 0.15) is 4.64 Å². The summed E-state index contributed by atoms with van der Waals surface area (Å²) in [6.45, 7) is 6.33. The standard InChI is InChI=1S/C18H21N3OS/c1-14-4-2-5-15(12-14)13-20-8-10-21(11-9-20)18(22)16-6-3-7-19-17(16)23/h2-7,12H,8-11,13H2,1H3,(H,19,23). The summed E-state index contributed by atoms with van der Waals surface area (Å²) in [7, 11) is 0. The summed E-state index contributed by atoms with van der Waals surface area (Å²) >= 11 is 5.21. The van der Waals surface area contributed by atoms with Gasteiger partial charge in [0.25, 0.3) is 5.91 Å². The number of aryl methyl sites for hydroxylation is 1. The van der Waals surface area contributed by atoms with Crippen LogP contribution >= 0.6 is 12.2 Å². The third kappa shape index (κ3) is 3.86. The molecule has 1 saturated heterocycles. The first kappa shape index (κ1) is 15.9. The van der Waals surface area contributed by atoms with Gasteiger partial charge in [-0.05, 0) is 24.6 Å². The van der Waals surface area contributed by atoms with Gasteiger partial charge >= 0.3 is 0 Å². The van der Waals surface area contributed by atoms with Crippen LogP contribution in [0.3, 0.4) is 0 Å². The van der Waals surface area contributed by atoms with Crippen LogP contribution in [-0.4, -0.2) is 46.9 Å². The van der Waals surface area contributed by atoms with E-state index in [4.69, 9.17) is 12.2 Å². The number of carbonyl (C=O) groups excluding carboxylic acids is 1. The molecule has 120 valence electrons. The zero-order valence-electron chi connectivity index (χ0n) is 13.3. The van der Waals surface area contributed by atoms with Crippen LogP contribution in [0.1, 0.15) is 21.5 Å². The minimum atomic E-state index is 0.0297. The molecule has 1 aromatic heterocycles. The zero-order valence-corrected chi connectivity index (χ0v) is 14.1. The van der Waals surface area contributed by atoms with Crippen molar-refractivity contribution >= 4 is 18.1 Å². The Morgan fingerprint density at radius 2 is 1.96 bits per heavy atom. The summed E-state index contributed by atoms with van der Waals surface area (Å²) in [6, 6.07) is 12.2. The second-order valence-electron chi connectivity index (χ2n) is 5.97. The number of rotatable bonds is 3. The highest BCUT2D eigenvalue weighted by molar-refractivity contribution is 7.71. The Labute approximate surface area is 141 Å². The van der Waals surface area contributed by atoms with Crippen molar-refractivity contribution in [3.05, 3.63) is 63.9 Å². The van der Waals surface area contributed by atoms with Crippen LogP contribution in [0.25, 0.3) is 0 Å². The van der Waals surface area contributed by atoms with Gasteiger partial charge in [-0.15, -0.1) is 0 Å². The SMILES string of the molecule is Cc1cccc(CN2CCN(C(=O)c3ccc[nH]c3=S)CC2)c1. The summed E-state index contributed by atoms with van der Waals surface area (Å²) in [5, 5.41) is 0. The second-order valence-corrected chi connectivity index (χ2v) is 6.38. The summed E-state index contributed by atoms with van der Waals surface area (Å²) in [5.74, 6) is 0.0297. The van der Waals surface area contributed by atoms with Crippen LogP contribution in [0, 0.1) is 11.6 Å². The van der Waals surface area contributed by atoms with E-state index in [-0.39, 0.29) is 5.91 Å². The number of aromatic amines is 1. The Balaban J connectivity index is 1.59. The molecule has 3 rings (SSSR count). The molecule has 1 aliphatic rings. The van der Waals surface area contributed by atoms with Crippen LogP contribution in [0.4, 0.5) is 0 Å². The average molecular weight is 327 g/mol. The Kier molecular flexibility index (Phi) is 4.88. The molecular weight excluding hydrogens is 306 g/mol. The number of nitrogens with one attached hydrogen (secondary N) is 1. The van der Waals surface area contributed by atoms with Crippen molar-refractivity contribution in [1.29, 1.82) is 0 Å². The van der Waals surface area contributed by atoms with Crippen LogP contribution < -0.4 is 0 Å². The molecule has 0 unspecified atom stereocenters. The third-order valence-corrected chi connectivity index (χ3v) is 4.53. The molecule has 1 fully saturated rings. The molecule has 1 aliphatic heterocycles. The van der Waals surface area contributed by atoms with Gasteiger partial charge in [0.2, 0.25) is 0 Å². The van der Waals surface area contributed by atoms with Crippen LogP contribution in [0.5, 0.6) is 0 Å². The topological polar surface area (TPSA) is 39.3 Å². The van der Waals surface area contributed by atoms with E-state index in [1.54, 1.807) is 12.3 Å². The Hall–Kier alpha value is -1.98. The third-order valence-electron chi connectivity index (χ3n) is 4.20. The van der Waals surface area contributed by atoms with Crippen molar-refractivity contribution < 1.29 is 4.79 Å². The van der Waals surface area contributed by atoms with Crippen molar-refractivity contribution in [3.63, 3.8) is 0 Å². The number of hydrogen-bond donors (Lipinski definition) is 1. The predicted octanol–water partition coefficient (Wildman–Crippen LogP) is 3.01. The molecule has 1 aromatic carbocycles. The van der Waals surface area contributed by atoms with Crippen LogP contribution in [0.2, 0.25) is 0 Å². The Morgan fingerprint density at radius 1 is 1.17 bits per heavy atom. The highest BCUT2D eigenvalue weighted by Crippen LogP contribution is 2.13. The summed E-state index contributed by atoms with van der Waals surface area (Å²) in [6.07, 6.45) is 1.75. The summed E-state index contributed by atoms with van der Waals surface area (Å²) in [4.78, 5) is 19.8. The molecule has 0 atom stereocenters. The van der Waals surface area contributed by atoms with E-state index >= 15 is 0 Å². The molecule has 0 spiro atoms. The number of nitrogens with zero attached hydrogens (tertiary/aromatic N) is 2. The largest absolute Gasteiger partial charge is 0.352 e. The maximum atomic E-state index is 12.6. The lowest BCUT2D eigenvalue weighted by molar-refractivity contribution is 0.0627. The van der Waals surface area contributed by atoms with Crippen molar-refractivity contribution in [2.45, 2.75) is 13.5 Å². The van der Waals surface area contributed by atoms with Crippen molar-refractivity contribution in [2.75, 3.05) is 26.2 Å². The van der Waals surface area contributed by atoms with Gasteiger partial charge in [0.15, 0.2) is 0 Å². The van der Waals surface area contributed by atoms with Crippen LogP contribution in [-0.2, 0) is 6.54 Å². The normalized spacial score (nSPS) is 15.6. The number of carbonyl (C=O) groups is 1. The number of aromatic nitrogens is 1. The molecule has 4 nitrogen and oxygen atoms in total. The average Bonchev–Trinajstić information content (AvgIpc) is 2.55. The second kappa shape index (κ2) is 7.06. The maximum absolute atomic E-state index is 12.6. The Morgan fingerprint density at radius 3 is 2.65 bits per heavy atom. The van der Waals surface area contributed by atoms with Crippen molar-refractivity contribution in [3.8, 4) is 0 Å². The van der Waals surface area contributed by atoms with Gasteiger partial charge in [-0.2, -0.15) is 0 Å². The highest BCUT2D eigenvalue weighted by Gasteiger charge is 2.22. The first-order valence-corrected chi connectivity index (χ1v) is 8.29. The fourth-order valence-electron chi connectivity index (χ4n) is 2.94. The summed E-state index contributed by atoms with van der Waals surface area (Å²) < 4.78 is 0.514. The molecule has 5 heteroatoms. The van der Waals surface area contributed by atoms with Gasteiger partial charge < -0.3 is 9.88 Å². The van der Waals surface area contributed by atoms with Gasteiger partial charge in [-0.1, -0.05) is 42.0 Å². The monoisotopic (exact) mass is 327 g/mol. The lowest BCUT2D eigenvalue weighted by Gasteiger charge is -2.34. The Bertz CT molecular complexity index is 748. The number of amides is 1. The first-order valence-electron chi connectivity index (χ1n) is 7.88. The maximum Gasteiger partial charge on any atom is 0.256 e. The van der Waals surface area contributed by atoms with E-state index in [0.29, 0.717) is 10.2 Å². The van der Waals surface area contributed by atoms with Gasteiger partial charge in [0, 0.05) is 38.9 Å². The van der Waals surface area contributed by atoms with E-state index in [9.17, 15) is 4.79 Å². The molecule has 2 aromatic rings. The molecule has 0 bridgehead atoms. The van der Waals surface area contributed by atoms with Crippen molar-refractivity contribution in [1.82, 2.24) is 14.8 Å². The first-order chi connectivity index (χ1) is 11.1. The predicted molar refractivity (Wildman–Crippen MR) is 94.0 cm³/mol. The van der Waals surface area contributed by atoms with E-state index in [1.807, 2.05) is 11.0 Å². The number of piperazine rings is 1. The van der Waals surface area contributed by atoms with Gasteiger partial charge in [0.05, 0.1) is 5.56 Å². The minimum absolute atomic E-state index is 0.0297. The van der Waals surface area contributed by atoms with Gasteiger partial charge in [-0.3, -0.25) is 9.69 Å². The lowest BCUT2D eigenvalue weighted by atomic mass is 10.1. The molecule has 0 radical (unpaired) electrons.